The number of carbonyl (C=O) groups excluding carboxylic acids is 1. The average molecular weight is 476 g/mol. The van der Waals surface area contributed by atoms with Crippen LogP contribution in [0.1, 0.15) is 47.1 Å². The van der Waals surface area contributed by atoms with E-state index in [-0.39, 0.29) is 11.6 Å². The maximum Gasteiger partial charge on any atom is 0.410 e. The molecule has 2 aromatic heterocycles. The van der Waals surface area contributed by atoms with Gasteiger partial charge in [-0.25, -0.2) is 9.78 Å². The minimum atomic E-state index is -2.15. The molecule has 0 spiro atoms. The molecule has 3 atom stereocenters. The number of pyridine rings is 1. The van der Waals surface area contributed by atoms with Crippen LogP contribution in [0.4, 0.5) is 4.79 Å². The Bertz CT molecular complexity index is 932. The molecule has 1 amide bonds. The van der Waals surface area contributed by atoms with E-state index in [1.807, 2.05) is 32.9 Å². The lowest BCUT2D eigenvalue weighted by Gasteiger charge is -2.39. The summed E-state index contributed by atoms with van der Waals surface area (Å²) in [6.45, 7) is 16.6. The average Bonchev–Trinajstić information content (AvgIpc) is 3.31. The van der Waals surface area contributed by atoms with E-state index in [2.05, 4.69) is 43.8 Å². The summed E-state index contributed by atoms with van der Waals surface area (Å²) in [6, 6.07) is 3.29. The van der Waals surface area contributed by atoms with Gasteiger partial charge in [0.05, 0.1) is 24.9 Å². The second kappa shape index (κ2) is 9.19. The minimum absolute atomic E-state index is 0.0119. The third-order valence-corrected chi connectivity index (χ3v) is 10.9. The van der Waals surface area contributed by atoms with Crippen LogP contribution < -0.4 is 0 Å². The van der Waals surface area contributed by atoms with Crippen molar-refractivity contribution in [3.8, 4) is 11.5 Å². The fourth-order valence-corrected chi connectivity index (χ4v) is 4.89. The second-order valence-electron chi connectivity index (χ2n) is 11.2. The molecule has 3 rings (SSSR count). The molecule has 182 valence electrons. The van der Waals surface area contributed by atoms with Gasteiger partial charge in [-0.1, -0.05) is 26.8 Å². The summed E-state index contributed by atoms with van der Waals surface area (Å²) in [5.41, 5.74) is 0.931. The van der Waals surface area contributed by atoms with E-state index >= 15 is 0 Å². The summed E-state index contributed by atoms with van der Waals surface area (Å²) < 4.78 is 17.5. The molecule has 0 aliphatic carbocycles. The van der Waals surface area contributed by atoms with E-state index in [1.165, 1.54) is 6.39 Å². The van der Waals surface area contributed by atoms with Gasteiger partial charge in [-0.15, -0.1) is 0 Å². The molecule has 1 N–H and O–H groups in total. The van der Waals surface area contributed by atoms with Gasteiger partial charge in [0, 0.05) is 6.20 Å². The molecule has 1 aliphatic rings. The lowest BCUT2D eigenvalue weighted by Crippen LogP contribution is -2.47. The van der Waals surface area contributed by atoms with Crippen LogP contribution in [0.5, 0.6) is 0 Å². The van der Waals surface area contributed by atoms with Crippen molar-refractivity contribution in [1.82, 2.24) is 14.9 Å². The number of rotatable bonds is 5. The Kier molecular flexibility index (Phi) is 7.07. The third kappa shape index (κ3) is 6.02. The molecule has 0 unspecified atom stereocenters. The number of aliphatic hydroxyl groups excluding tert-OH is 1. The molecule has 2 aromatic rings. The number of amides is 1. The Labute approximate surface area is 197 Å². The first kappa shape index (κ1) is 25.4. The van der Waals surface area contributed by atoms with E-state index in [0.29, 0.717) is 17.9 Å². The highest BCUT2D eigenvalue weighted by Crippen LogP contribution is 2.39. The van der Waals surface area contributed by atoms with E-state index < -0.39 is 38.3 Å². The van der Waals surface area contributed by atoms with Gasteiger partial charge in [0.15, 0.2) is 20.5 Å². The smallest absolute Gasteiger partial charge is 0.410 e. The summed E-state index contributed by atoms with van der Waals surface area (Å²) in [5.74, 6) is 0.584. The number of hydrogen-bond donors (Lipinski definition) is 1. The zero-order chi connectivity index (χ0) is 24.6. The van der Waals surface area contributed by atoms with Crippen molar-refractivity contribution >= 4 is 14.4 Å². The molecule has 0 radical (unpaired) electrons. The number of nitrogens with zero attached hydrogens (tertiary/aromatic N) is 3. The fraction of sp³-hybridized carbons (Fsp3) is 0.625. The van der Waals surface area contributed by atoms with E-state index in [0.717, 1.165) is 5.56 Å². The number of carbonyl (C=O) groups is 1. The molecule has 9 heteroatoms. The number of ether oxygens (including phenoxy) is 1. The van der Waals surface area contributed by atoms with Crippen molar-refractivity contribution < 1.29 is 23.5 Å². The largest absolute Gasteiger partial charge is 0.444 e. The van der Waals surface area contributed by atoms with Crippen LogP contribution in [0.2, 0.25) is 18.1 Å². The first-order valence-electron chi connectivity index (χ1n) is 11.4. The van der Waals surface area contributed by atoms with Gasteiger partial charge in [0.1, 0.15) is 17.4 Å². The monoisotopic (exact) mass is 475 g/mol. The quantitative estimate of drug-likeness (QED) is 0.629. The van der Waals surface area contributed by atoms with Crippen LogP contribution in [0.25, 0.3) is 11.5 Å². The zero-order valence-corrected chi connectivity index (χ0v) is 22.0. The molecule has 0 aromatic carbocycles. The molecule has 1 fully saturated rings. The summed E-state index contributed by atoms with van der Waals surface area (Å²) in [5, 5.41) is 11.3. The molecular weight excluding hydrogens is 438 g/mol. The maximum atomic E-state index is 13.0. The molecule has 1 aliphatic heterocycles. The van der Waals surface area contributed by atoms with Crippen molar-refractivity contribution in [2.45, 2.75) is 89.9 Å². The number of hydrogen-bond acceptors (Lipinski definition) is 7. The minimum Gasteiger partial charge on any atom is -0.444 e. The van der Waals surface area contributed by atoms with Crippen molar-refractivity contribution in [3.05, 3.63) is 36.5 Å². The highest BCUT2D eigenvalue weighted by atomic mass is 28.4. The SMILES string of the molecule is CC(C)(C)OC(=O)N1C[C@H](O[Si](C)(C)C(C)(C)C)[C@@H](O)[C@H]1Cc1ccc(-c2cnco2)nc1. The first-order chi connectivity index (χ1) is 15.2. The highest BCUT2D eigenvalue weighted by Gasteiger charge is 2.49. The Balaban J connectivity index is 1.82. The molecule has 8 nitrogen and oxygen atoms in total. The number of aliphatic hydroxyl groups is 1. The van der Waals surface area contributed by atoms with Crippen LogP contribution >= 0.6 is 0 Å². The number of oxazole rings is 1. The summed E-state index contributed by atoms with van der Waals surface area (Å²) in [7, 11) is -2.15. The second-order valence-corrected chi connectivity index (χ2v) is 16.0. The Morgan fingerprint density at radius 2 is 1.91 bits per heavy atom. The topological polar surface area (TPSA) is 97.9 Å². The van der Waals surface area contributed by atoms with E-state index in [4.69, 9.17) is 13.6 Å². The van der Waals surface area contributed by atoms with E-state index in [1.54, 1.807) is 17.3 Å². The molecule has 0 bridgehead atoms. The van der Waals surface area contributed by atoms with Gasteiger partial charge in [0.25, 0.3) is 0 Å². The Morgan fingerprint density at radius 3 is 2.42 bits per heavy atom. The predicted octanol–water partition coefficient (Wildman–Crippen LogP) is 4.65. The maximum absolute atomic E-state index is 13.0. The third-order valence-electron chi connectivity index (χ3n) is 6.39. The highest BCUT2D eigenvalue weighted by molar-refractivity contribution is 6.74. The van der Waals surface area contributed by atoms with Gasteiger partial charge >= 0.3 is 6.09 Å². The van der Waals surface area contributed by atoms with Crippen LogP contribution in [-0.2, 0) is 15.6 Å². The van der Waals surface area contributed by atoms with Gasteiger partial charge in [-0.05, 0) is 57.0 Å². The van der Waals surface area contributed by atoms with Crippen LogP contribution in [0, 0.1) is 0 Å². The first-order valence-corrected chi connectivity index (χ1v) is 14.3. The molecular formula is C24H37N3O5Si. The van der Waals surface area contributed by atoms with Crippen molar-refractivity contribution in [2.24, 2.45) is 0 Å². The molecule has 0 saturated carbocycles. The van der Waals surface area contributed by atoms with Gasteiger partial charge in [-0.3, -0.25) is 9.88 Å². The molecule has 3 heterocycles. The number of likely N-dealkylation sites (tertiary alicyclic amines) is 1. The summed E-state index contributed by atoms with van der Waals surface area (Å²) in [4.78, 5) is 23.0. The predicted molar refractivity (Wildman–Crippen MR) is 128 cm³/mol. The van der Waals surface area contributed by atoms with Gasteiger partial charge in [0.2, 0.25) is 0 Å². The lowest BCUT2D eigenvalue weighted by atomic mass is 10.0. The van der Waals surface area contributed by atoms with Crippen LogP contribution in [-0.4, -0.2) is 64.8 Å². The Hall–Kier alpha value is -2.23. The van der Waals surface area contributed by atoms with Crippen molar-refractivity contribution in [3.63, 3.8) is 0 Å². The van der Waals surface area contributed by atoms with Crippen molar-refractivity contribution in [2.75, 3.05) is 6.54 Å². The fourth-order valence-electron chi connectivity index (χ4n) is 3.57. The van der Waals surface area contributed by atoms with Crippen LogP contribution in [0.3, 0.4) is 0 Å². The van der Waals surface area contributed by atoms with Gasteiger partial charge < -0.3 is 18.7 Å². The van der Waals surface area contributed by atoms with Crippen LogP contribution in [0.15, 0.2) is 35.3 Å². The Morgan fingerprint density at radius 1 is 1.21 bits per heavy atom. The van der Waals surface area contributed by atoms with Gasteiger partial charge in [-0.2, -0.15) is 0 Å². The lowest BCUT2D eigenvalue weighted by molar-refractivity contribution is 0.0143. The van der Waals surface area contributed by atoms with E-state index in [9.17, 15) is 9.90 Å². The summed E-state index contributed by atoms with van der Waals surface area (Å²) in [6.07, 6.45) is 3.39. The number of aromatic nitrogens is 2. The zero-order valence-electron chi connectivity index (χ0n) is 21.0. The van der Waals surface area contributed by atoms with Crippen molar-refractivity contribution in [1.29, 1.82) is 0 Å². The standard InChI is InChI=1S/C24H37N3O5Si/c1-23(2,3)31-22(29)27-14-20(32-33(7,8)24(4,5)6)21(28)18(27)11-16-9-10-17(26-12-16)19-13-25-15-30-19/h9-10,12-13,15,18,20-21,28H,11,14H2,1-8H3/t18-,20+,21+/m1/s1. The molecule has 33 heavy (non-hydrogen) atoms. The summed E-state index contributed by atoms with van der Waals surface area (Å²) >= 11 is 0. The normalized spacial score (nSPS) is 22.0. The molecule has 1 saturated heterocycles.